The first kappa shape index (κ1) is 24.8. The number of hydrogen-bond acceptors (Lipinski definition) is 8. The number of nitrogens with two attached hydrogens (primary N) is 1. The molecule has 1 unspecified atom stereocenters. The van der Waals surface area contributed by atoms with Gasteiger partial charge in [-0.15, -0.1) is 0 Å². The Kier molecular flexibility index (Phi) is 6.14. The van der Waals surface area contributed by atoms with Gasteiger partial charge in [0.1, 0.15) is 23.2 Å². The summed E-state index contributed by atoms with van der Waals surface area (Å²) in [6, 6.07) is 6.76. The predicted octanol–water partition coefficient (Wildman–Crippen LogP) is 2.85. The topological polar surface area (TPSA) is 106 Å². The average molecular weight is 535 g/mol. The summed E-state index contributed by atoms with van der Waals surface area (Å²) in [5, 5.41) is 8.60. The van der Waals surface area contributed by atoms with Crippen molar-refractivity contribution >= 4 is 17.3 Å². The van der Waals surface area contributed by atoms with Crippen LogP contribution in [0, 0.1) is 5.82 Å². The van der Waals surface area contributed by atoms with E-state index in [1.165, 1.54) is 30.9 Å². The Labute approximate surface area is 221 Å². The maximum absolute atomic E-state index is 14.1. The minimum atomic E-state index is -2.95. The molecule has 4 aromatic heterocycles. The average Bonchev–Trinajstić information content (AvgIpc) is 3.59. The third-order valence-electron chi connectivity index (χ3n) is 7.07. The van der Waals surface area contributed by atoms with Gasteiger partial charge in [-0.3, -0.25) is 4.68 Å². The van der Waals surface area contributed by atoms with Gasteiger partial charge in [0.2, 0.25) is 5.95 Å². The molecule has 13 heteroatoms. The number of nitrogens with zero attached hydrogens (tertiary/aromatic N) is 9. The third-order valence-corrected chi connectivity index (χ3v) is 7.07. The fourth-order valence-corrected chi connectivity index (χ4v) is 4.85. The number of rotatable bonds is 6. The molecule has 1 aliphatic heterocycles. The summed E-state index contributed by atoms with van der Waals surface area (Å²) in [4.78, 5) is 17.4. The molecular formula is C26H25F3N10. The molecule has 2 N–H and O–H groups in total. The number of aromatic nitrogens is 7. The molecule has 1 atom stereocenters. The molecule has 1 aliphatic rings. The number of benzene rings is 1. The van der Waals surface area contributed by atoms with E-state index in [4.69, 9.17) is 5.73 Å². The molecule has 10 nitrogen and oxygen atoms in total. The fourth-order valence-electron chi connectivity index (χ4n) is 4.85. The molecule has 1 aromatic carbocycles. The van der Waals surface area contributed by atoms with Gasteiger partial charge >= 0.3 is 0 Å². The van der Waals surface area contributed by atoms with E-state index in [1.807, 2.05) is 41.1 Å². The van der Waals surface area contributed by atoms with E-state index >= 15 is 0 Å². The minimum absolute atomic E-state index is 0.0486. The van der Waals surface area contributed by atoms with Gasteiger partial charge in [-0.05, 0) is 23.8 Å². The summed E-state index contributed by atoms with van der Waals surface area (Å²) in [7, 11) is 1.87. The van der Waals surface area contributed by atoms with Crippen molar-refractivity contribution in [3.63, 3.8) is 0 Å². The maximum atomic E-state index is 14.1. The van der Waals surface area contributed by atoms with Crippen LogP contribution in [0.2, 0.25) is 0 Å². The molecule has 200 valence electrons. The van der Waals surface area contributed by atoms with Gasteiger partial charge in [0.25, 0.3) is 6.43 Å². The van der Waals surface area contributed by atoms with Gasteiger partial charge in [-0.2, -0.15) is 10.2 Å². The van der Waals surface area contributed by atoms with Crippen molar-refractivity contribution in [2.45, 2.75) is 12.0 Å². The first-order valence-electron chi connectivity index (χ1n) is 12.3. The molecule has 5 heterocycles. The Morgan fingerprint density at radius 2 is 1.54 bits per heavy atom. The largest absolute Gasteiger partial charge is 0.351 e. The Hall–Kier alpha value is -4.52. The van der Waals surface area contributed by atoms with Gasteiger partial charge in [-0.1, -0.05) is 12.1 Å². The molecule has 39 heavy (non-hydrogen) atoms. The summed E-state index contributed by atoms with van der Waals surface area (Å²) in [5.74, 6) is 0.707. The maximum Gasteiger partial charge on any atom is 0.264 e. The van der Waals surface area contributed by atoms with Crippen molar-refractivity contribution in [3.8, 4) is 11.1 Å². The number of aryl methyl sites for hydroxylation is 1. The Morgan fingerprint density at radius 3 is 2.18 bits per heavy atom. The van der Waals surface area contributed by atoms with E-state index in [2.05, 4.69) is 30.0 Å². The van der Waals surface area contributed by atoms with Gasteiger partial charge < -0.3 is 15.5 Å². The lowest BCUT2D eigenvalue weighted by atomic mass is 9.85. The summed E-state index contributed by atoms with van der Waals surface area (Å²) in [6.07, 6.45) is 6.93. The molecular weight excluding hydrogens is 509 g/mol. The first-order chi connectivity index (χ1) is 18.8. The highest BCUT2D eigenvalue weighted by atomic mass is 19.3. The Bertz CT molecular complexity index is 1590. The van der Waals surface area contributed by atoms with Crippen LogP contribution < -0.4 is 15.5 Å². The molecule has 1 fully saturated rings. The van der Waals surface area contributed by atoms with Crippen molar-refractivity contribution in [1.29, 1.82) is 0 Å². The second-order valence-corrected chi connectivity index (χ2v) is 9.47. The van der Waals surface area contributed by atoms with E-state index < -0.39 is 17.8 Å². The van der Waals surface area contributed by atoms with Crippen molar-refractivity contribution in [2.75, 3.05) is 36.0 Å². The smallest absolute Gasteiger partial charge is 0.264 e. The highest BCUT2D eigenvalue weighted by Crippen LogP contribution is 2.33. The highest BCUT2D eigenvalue weighted by molar-refractivity contribution is 5.77. The number of alkyl halides is 2. The molecule has 0 radical (unpaired) electrons. The Balaban J connectivity index is 1.18. The van der Waals surface area contributed by atoms with Crippen LogP contribution in [0.15, 0.2) is 67.6 Å². The third kappa shape index (κ3) is 4.44. The summed E-state index contributed by atoms with van der Waals surface area (Å²) >= 11 is 0. The van der Waals surface area contributed by atoms with Crippen LogP contribution in [0.3, 0.4) is 0 Å². The van der Waals surface area contributed by atoms with Gasteiger partial charge in [-0.25, -0.2) is 32.6 Å². The molecule has 0 spiro atoms. The van der Waals surface area contributed by atoms with Crippen LogP contribution in [0.25, 0.3) is 16.6 Å². The zero-order chi connectivity index (χ0) is 27.1. The fraction of sp³-hybridized carbons (Fsp3) is 0.269. The quantitative estimate of drug-likeness (QED) is 0.355. The minimum Gasteiger partial charge on any atom is -0.351 e. The van der Waals surface area contributed by atoms with Crippen molar-refractivity contribution in [1.82, 2.24) is 34.3 Å². The van der Waals surface area contributed by atoms with Gasteiger partial charge in [0, 0.05) is 74.7 Å². The Morgan fingerprint density at radius 1 is 0.846 bits per heavy atom. The van der Waals surface area contributed by atoms with Crippen molar-refractivity contribution < 1.29 is 13.2 Å². The van der Waals surface area contributed by atoms with Crippen LogP contribution in [0.4, 0.5) is 24.9 Å². The molecule has 0 bridgehead atoms. The number of anilines is 2. The molecule has 1 saturated heterocycles. The summed E-state index contributed by atoms with van der Waals surface area (Å²) < 4.78 is 45.1. The second-order valence-electron chi connectivity index (χ2n) is 9.47. The first-order valence-corrected chi connectivity index (χ1v) is 12.3. The van der Waals surface area contributed by atoms with Crippen LogP contribution in [-0.2, 0) is 12.6 Å². The zero-order valence-electron chi connectivity index (χ0n) is 21.0. The van der Waals surface area contributed by atoms with Crippen LogP contribution in [-0.4, -0.2) is 67.0 Å². The van der Waals surface area contributed by atoms with E-state index in [1.54, 1.807) is 4.68 Å². The standard InChI is InChI=1S/C26H25F3N10/c1-36-14-18(11-34-36)17-10-22-23(33-16-35-39(22)15-17)37-6-8-38(9-7-37)25-31-12-20(13-32-25)26(30,24(28)29)19-2-4-21(27)5-3-19/h2-5,10-16,24H,6-9,30H2,1H3. The number of hydrogen-bond donors (Lipinski definition) is 1. The molecule has 0 saturated carbocycles. The second kappa shape index (κ2) is 9.66. The summed E-state index contributed by atoms with van der Waals surface area (Å²) in [5.41, 5.74) is 6.99. The van der Waals surface area contributed by atoms with Crippen molar-refractivity contribution in [2.24, 2.45) is 12.8 Å². The SMILES string of the molecule is Cn1cc(-c2cc3c(N4CCN(c5ncc(C(N)(c6ccc(F)cc6)C(F)F)cn5)CC4)ncnn3c2)cn1. The van der Waals surface area contributed by atoms with Crippen LogP contribution in [0.1, 0.15) is 11.1 Å². The molecule has 6 rings (SSSR count). The monoisotopic (exact) mass is 534 g/mol. The normalized spacial score (nSPS) is 15.7. The summed E-state index contributed by atoms with van der Waals surface area (Å²) in [6.45, 7) is 2.51. The van der Waals surface area contributed by atoms with Crippen LogP contribution >= 0.6 is 0 Å². The molecule has 0 aliphatic carbocycles. The lowest BCUT2D eigenvalue weighted by Gasteiger charge is -2.35. The van der Waals surface area contributed by atoms with Gasteiger partial charge in [0.05, 0.1) is 6.20 Å². The van der Waals surface area contributed by atoms with Crippen LogP contribution in [0.5, 0.6) is 0 Å². The van der Waals surface area contributed by atoms with E-state index in [-0.39, 0.29) is 11.1 Å². The zero-order valence-corrected chi connectivity index (χ0v) is 21.0. The van der Waals surface area contributed by atoms with Gasteiger partial charge in [0.15, 0.2) is 5.82 Å². The molecule has 0 amide bonds. The molecule has 5 aromatic rings. The van der Waals surface area contributed by atoms with Crippen molar-refractivity contribution in [3.05, 3.63) is 84.6 Å². The lowest BCUT2D eigenvalue weighted by molar-refractivity contribution is 0.0738. The van der Waals surface area contributed by atoms with E-state index in [0.717, 1.165) is 34.6 Å². The number of piperazine rings is 1. The number of halogens is 3. The lowest BCUT2D eigenvalue weighted by Crippen LogP contribution is -2.48. The van der Waals surface area contributed by atoms with E-state index in [9.17, 15) is 13.2 Å². The number of fused-ring (bicyclic) bond motifs is 1. The van der Waals surface area contributed by atoms with E-state index in [0.29, 0.717) is 32.1 Å². The highest BCUT2D eigenvalue weighted by Gasteiger charge is 2.40. The predicted molar refractivity (Wildman–Crippen MR) is 139 cm³/mol.